The van der Waals surface area contributed by atoms with Gasteiger partial charge >= 0.3 is 0 Å². The topological polar surface area (TPSA) is 51.2 Å². The summed E-state index contributed by atoms with van der Waals surface area (Å²) in [6.07, 6.45) is 7.96. The van der Waals surface area contributed by atoms with Crippen molar-refractivity contribution >= 4 is 0 Å². The Labute approximate surface area is 110 Å². The van der Waals surface area contributed by atoms with Gasteiger partial charge in [-0.3, -0.25) is 11.3 Å². The first-order valence-electron chi connectivity index (χ1n) is 7.17. The Morgan fingerprint density at radius 3 is 2.11 bits per heavy atom. The molecular weight excluding hydrogens is 224 g/mol. The van der Waals surface area contributed by atoms with Crippen molar-refractivity contribution in [3.05, 3.63) is 22.6 Å². The molecule has 3 heteroatoms. The lowest BCUT2D eigenvalue weighted by Gasteiger charge is -2.26. The van der Waals surface area contributed by atoms with E-state index in [2.05, 4.69) is 19.3 Å². The van der Waals surface area contributed by atoms with E-state index in [9.17, 15) is 0 Å². The smallest absolute Gasteiger partial charge is 0.106 e. The monoisotopic (exact) mass is 250 g/mol. The van der Waals surface area contributed by atoms with Gasteiger partial charge in [-0.1, -0.05) is 25.7 Å². The average Bonchev–Trinajstić information content (AvgIpc) is 2.58. The molecule has 1 aliphatic carbocycles. The highest BCUT2D eigenvalue weighted by Gasteiger charge is 2.28. The molecule has 0 aliphatic heterocycles. The van der Waals surface area contributed by atoms with Crippen LogP contribution in [0.5, 0.6) is 0 Å². The molecule has 1 aromatic heterocycles. The van der Waals surface area contributed by atoms with Crippen LogP contribution in [0.15, 0.2) is 4.42 Å². The van der Waals surface area contributed by atoms with Gasteiger partial charge in [-0.25, -0.2) is 0 Å². The van der Waals surface area contributed by atoms with Crippen LogP contribution >= 0.6 is 0 Å². The molecule has 0 bridgehead atoms. The molecule has 18 heavy (non-hydrogen) atoms. The van der Waals surface area contributed by atoms with E-state index in [4.69, 9.17) is 10.3 Å². The summed E-state index contributed by atoms with van der Waals surface area (Å²) in [5, 5.41) is 0. The molecule has 2 rings (SSSR count). The molecule has 3 N–H and O–H groups in total. The average molecular weight is 250 g/mol. The maximum absolute atomic E-state index is 5.84. The molecule has 0 spiro atoms. The van der Waals surface area contributed by atoms with Crippen molar-refractivity contribution in [2.24, 2.45) is 11.8 Å². The predicted octanol–water partition coefficient (Wildman–Crippen LogP) is 3.68. The summed E-state index contributed by atoms with van der Waals surface area (Å²) in [4.78, 5) is 0. The number of furan rings is 1. The fourth-order valence-electron chi connectivity index (χ4n) is 3.37. The van der Waals surface area contributed by atoms with Crippen molar-refractivity contribution in [3.63, 3.8) is 0 Å². The lowest BCUT2D eigenvalue weighted by atomic mass is 9.86. The highest BCUT2D eigenvalue weighted by Crippen LogP contribution is 2.37. The number of aryl methyl sites for hydroxylation is 2. The Bertz CT molecular complexity index is 389. The summed E-state index contributed by atoms with van der Waals surface area (Å²) in [6.45, 7) is 6.23. The highest BCUT2D eigenvalue weighted by molar-refractivity contribution is 5.34. The molecule has 1 fully saturated rings. The number of hydrogen-bond acceptors (Lipinski definition) is 3. The molecule has 102 valence electrons. The third-order valence-corrected chi connectivity index (χ3v) is 4.48. The van der Waals surface area contributed by atoms with Crippen LogP contribution in [0.4, 0.5) is 0 Å². The minimum absolute atomic E-state index is 0.251. The Kier molecular flexibility index (Phi) is 4.46. The number of rotatable bonds is 3. The van der Waals surface area contributed by atoms with Crippen molar-refractivity contribution in [3.8, 4) is 0 Å². The summed E-state index contributed by atoms with van der Waals surface area (Å²) in [5.41, 5.74) is 5.61. The quantitative estimate of drug-likeness (QED) is 0.489. The van der Waals surface area contributed by atoms with E-state index in [1.807, 2.05) is 6.92 Å². The second-order valence-electron chi connectivity index (χ2n) is 5.65. The van der Waals surface area contributed by atoms with Gasteiger partial charge in [0.1, 0.15) is 11.5 Å². The van der Waals surface area contributed by atoms with Crippen molar-refractivity contribution in [2.75, 3.05) is 0 Å². The van der Waals surface area contributed by atoms with Crippen molar-refractivity contribution in [1.82, 2.24) is 5.43 Å². The molecule has 3 nitrogen and oxygen atoms in total. The van der Waals surface area contributed by atoms with Gasteiger partial charge in [-0.05, 0) is 45.1 Å². The van der Waals surface area contributed by atoms with Gasteiger partial charge in [-0.15, -0.1) is 0 Å². The molecule has 1 atom stereocenters. The lowest BCUT2D eigenvalue weighted by Crippen LogP contribution is -2.34. The fraction of sp³-hybridized carbons (Fsp3) is 0.733. The summed E-state index contributed by atoms with van der Waals surface area (Å²) < 4.78 is 5.75. The third-order valence-electron chi connectivity index (χ3n) is 4.48. The maximum Gasteiger partial charge on any atom is 0.106 e. The van der Waals surface area contributed by atoms with Gasteiger partial charge < -0.3 is 4.42 Å². The third kappa shape index (κ3) is 2.62. The van der Waals surface area contributed by atoms with Crippen LogP contribution in [-0.4, -0.2) is 0 Å². The zero-order valence-corrected chi connectivity index (χ0v) is 11.9. The van der Waals surface area contributed by atoms with E-state index in [1.54, 1.807) is 0 Å². The van der Waals surface area contributed by atoms with E-state index in [1.165, 1.54) is 49.7 Å². The van der Waals surface area contributed by atoms with Crippen molar-refractivity contribution < 1.29 is 4.42 Å². The first-order chi connectivity index (χ1) is 8.65. The van der Waals surface area contributed by atoms with Crippen LogP contribution in [0, 0.1) is 26.7 Å². The Morgan fingerprint density at radius 2 is 1.67 bits per heavy atom. The van der Waals surface area contributed by atoms with Gasteiger partial charge in [0.15, 0.2) is 0 Å². The molecule has 1 aliphatic rings. The van der Waals surface area contributed by atoms with Crippen LogP contribution in [0.3, 0.4) is 0 Å². The van der Waals surface area contributed by atoms with E-state index >= 15 is 0 Å². The van der Waals surface area contributed by atoms with Crippen LogP contribution in [-0.2, 0) is 0 Å². The van der Waals surface area contributed by atoms with E-state index in [0.29, 0.717) is 5.92 Å². The van der Waals surface area contributed by atoms with Crippen molar-refractivity contribution in [2.45, 2.75) is 65.3 Å². The molecule has 0 radical (unpaired) electrons. The first-order valence-corrected chi connectivity index (χ1v) is 7.17. The minimum Gasteiger partial charge on any atom is -0.466 e. The summed E-state index contributed by atoms with van der Waals surface area (Å²) in [6, 6.07) is 0.251. The summed E-state index contributed by atoms with van der Waals surface area (Å²) in [7, 11) is 0. The number of nitrogens with one attached hydrogen (secondary N) is 1. The first kappa shape index (κ1) is 13.6. The summed E-state index contributed by atoms with van der Waals surface area (Å²) in [5.74, 6) is 8.54. The number of hydrazine groups is 1. The van der Waals surface area contributed by atoms with E-state index < -0.39 is 0 Å². The maximum atomic E-state index is 5.84. The predicted molar refractivity (Wildman–Crippen MR) is 74.2 cm³/mol. The molecule has 0 aromatic carbocycles. The second-order valence-corrected chi connectivity index (χ2v) is 5.65. The zero-order chi connectivity index (χ0) is 13.1. The van der Waals surface area contributed by atoms with Gasteiger partial charge in [0.05, 0.1) is 6.04 Å². The van der Waals surface area contributed by atoms with Gasteiger partial charge in [0.25, 0.3) is 0 Å². The van der Waals surface area contributed by atoms with Gasteiger partial charge in [-0.2, -0.15) is 0 Å². The second kappa shape index (κ2) is 5.89. The fourth-order valence-corrected chi connectivity index (χ4v) is 3.37. The van der Waals surface area contributed by atoms with Crippen LogP contribution in [0.25, 0.3) is 0 Å². The summed E-state index contributed by atoms with van der Waals surface area (Å²) >= 11 is 0. The largest absolute Gasteiger partial charge is 0.466 e. The Morgan fingerprint density at radius 1 is 1.06 bits per heavy atom. The molecular formula is C15H26N2O. The Hall–Kier alpha value is -0.800. The van der Waals surface area contributed by atoms with Crippen LogP contribution in [0.2, 0.25) is 0 Å². The molecule has 0 amide bonds. The van der Waals surface area contributed by atoms with Crippen LogP contribution in [0.1, 0.15) is 67.2 Å². The highest BCUT2D eigenvalue weighted by atomic mass is 16.3. The van der Waals surface area contributed by atoms with E-state index in [-0.39, 0.29) is 6.04 Å². The zero-order valence-electron chi connectivity index (χ0n) is 11.9. The van der Waals surface area contributed by atoms with Crippen LogP contribution < -0.4 is 11.3 Å². The molecule has 0 saturated heterocycles. The molecule has 1 heterocycles. The number of hydrogen-bond donors (Lipinski definition) is 2. The van der Waals surface area contributed by atoms with Gasteiger partial charge in [0, 0.05) is 5.56 Å². The normalized spacial score (nSPS) is 19.8. The molecule has 1 saturated carbocycles. The lowest BCUT2D eigenvalue weighted by molar-refractivity contribution is 0.324. The number of nitrogens with two attached hydrogens (primary N) is 1. The van der Waals surface area contributed by atoms with Crippen molar-refractivity contribution in [1.29, 1.82) is 0 Å². The molecule has 1 unspecified atom stereocenters. The standard InChI is InChI=1S/C15H26N2O/c1-10-11(2)18-12(3)14(10)15(17-16)13-8-6-4-5-7-9-13/h13,15,17H,4-9,16H2,1-3H3. The van der Waals surface area contributed by atoms with E-state index in [0.717, 1.165) is 11.5 Å². The minimum atomic E-state index is 0.251. The Balaban J connectivity index is 2.26. The SMILES string of the molecule is Cc1oc(C)c(C(NN)C2CCCCCC2)c1C. The molecule has 1 aromatic rings. The van der Waals surface area contributed by atoms with Gasteiger partial charge in [0.2, 0.25) is 0 Å².